The zero-order valence-corrected chi connectivity index (χ0v) is 10.5. The molecule has 0 spiro atoms. The molecule has 2 rings (SSSR count). The van der Waals surface area contributed by atoms with Crippen LogP contribution in [-0.2, 0) is 14.2 Å². The Bertz CT molecular complexity index is 174. The summed E-state index contributed by atoms with van der Waals surface area (Å²) in [4.78, 5) is 0. The van der Waals surface area contributed by atoms with Crippen LogP contribution in [0.5, 0.6) is 0 Å². The Morgan fingerprint density at radius 3 is 2.57 bits per heavy atom. The van der Waals surface area contributed by atoms with E-state index in [1.54, 1.807) is 0 Å². The molecule has 1 unspecified atom stereocenters. The van der Waals surface area contributed by atoms with E-state index in [2.05, 4.69) is 22.6 Å². The van der Waals surface area contributed by atoms with Gasteiger partial charge in [0.05, 0.1) is 18.3 Å². The van der Waals surface area contributed by atoms with Crippen molar-refractivity contribution in [2.45, 2.75) is 31.0 Å². The van der Waals surface area contributed by atoms with E-state index < -0.39 is 0 Å². The Kier molecular flexibility index (Phi) is 4.04. The summed E-state index contributed by atoms with van der Waals surface area (Å²) in [5.41, 5.74) is 0.0666. The Balaban J connectivity index is 1.89. The number of alkyl halides is 1. The van der Waals surface area contributed by atoms with Gasteiger partial charge in [-0.3, -0.25) is 0 Å². The summed E-state index contributed by atoms with van der Waals surface area (Å²) in [6.07, 6.45) is 3.45. The third kappa shape index (κ3) is 2.59. The van der Waals surface area contributed by atoms with Gasteiger partial charge < -0.3 is 14.2 Å². The van der Waals surface area contributed by atoms with E-state index in [4.69, 9.17) is 14.2 Å². The van der Waals surface area contributed by atoms with Crippen LogP contribution in [0.15, 0.2) is 0 Å². The molecule has 3 nitrogen and oxygen atoms in total. The molecule has 0 N–H and O–H groups in total. The summed E-state index contributed by atoms with van der Waals surface area (Å²) in [7, 11) is 0. The molecule has 14 heavy (non-hydrogen) atoms. The van der Waals surface area contributed by atoms with E-state index in [1.807, 2.05) is 0 Å². The van der Waals surface area contributed by atoms with Gasteiger partial charge in [0.2, 0.25) is 0 Å². The van der Waals surface area contributed by atoms with E-state index in [0.29, 0.717) is 6.10 Å². The molecule has 2 fully saturated rings. The normalized spacial score (nSPS) is 31.9. The fraction of sp³-hybridized carbons (Fsp3) is 1.00. The highest BCUT2D eigenvalue weighted by Crippen LogP contribution is 2.30. The minimum absolute atomic E-state index is 0.0666. The molecule has 0 bridgehead atoms. The summed E-state index contributed by atoms with van der Waals surface area (Å²) in [5, 5.41) is 0. The SMILES string of the molecule is ICC1(OC2CCOC2)CCOCC1. The topological polar surface area (TPSA) is 27.7 Å². The molecule has 2 aliphatic rings. The largest absolute Gasteiger partial charge is 0.381 e. The van der Waals surface area contributed by atoms with Crippen molar-refractivity contribution >= 4 is 22.6 Å². The molecule has 0 aromatic heterocycles. The van der Waals surface area contributed by atoms with Gasteiger partial charge in [-0.05, 0) is 6.42 Å². The predicted octanol–water partition coefficient (Wildman–Crippen LogP) is 1.78. The summed E-state index contributed by atoms with van der Waals surface area (Å²) in [6, 6.07) is 0. The first-order valence-corrected chi connectivity index (χ1v) is 6.76. The van der Waals surface area contributed by atoms with Gasteiger partial charge in [0, 0.05) is 37.1 Å². The Morgan fingerprint density at radius 2 is 2.00 bits per heavy atom. The van der Waals surface area contributed by atoms with Crippen LogP contribution in [0.1, 0.15) is 19.3 Å². The van der Waals surface area contributed by atoms with Crippen LogP contribution < -0.4 is 0 Å². The lowest BCUT2D eigenvalue weighted by atomic mass is 9.96. The second kappa shape index (κ2) is 5.09. The highest BCUT2D eigenvalue weighted by atomic mass is 127. The van der Waals surface area contributed by atoms with Gasteiger partial charge in [0.15, 0.2) is 0 Å². The molecule has 2 aliphatic heterocycles. The third-order valence-electron chi connectivity index (χ3n) is 2.95. The molecular weight excluding hydrogens is 295 g/mol. The molecule has 4 heteroatoms. The van der Waals surface area contributed by atoms with Crippen LogP contribution in [0.25, 0.3) is 0 Å². The fourth-order valence-electron chi connectivity index (χ4n) is 1.99. The van der Waals surface area contributed by atoms with Gasteiger partial charge >= 0.3 is 0 Å². The number of hydrogen-bond acceptors (Lipinski definition) is 3. The summed E-state index contributed by atoms with van der Waals surface area (Å²) in [6.45, 7) is 3.32. The van der Waals surface area contributed by atoms with E-state index in [9.17, 15) is 0 Å². The van der Waals surface area contributed by atoms with Crippen molar-refractivity contribution in [2.24, 2.45) is 0 Å². The second-order valence-corrected chi connectivity index (χ2v) is 4.80. The zero-order chi connectivity index (χ0) is 9.86. The molecule has 2 saturated heterocycles. The summed E-state index contributed by atoms with van der Waals surface area (Å²) < 4.78 is 17.9. The van der Waals surface area contributed by atoms with Gasteiger partial charge in [0.25, 0.3) is 0 Å². The first kappa shape index (κ1) is 11.1. The molecule has 0 amide bonds. The van der Waals surface area contributed by atoms with Crippen molar-refractivity contribution in [1.82, 2.24) is 0 Å². The first-order valence-electron chi connectivity index (χ1n) is 5.24. The maximum Gasteiger partial charge on any atom is 0.0838 e. The van der Waals surface area contributed by atoms with E-state index in [0.717, 1.165) is 50.1 Å². The quantitative estimate of drug-likeness (QED) is 0.587. The maximum absolute atomic E-state index is 6.18. The highest BCUT2D eigenvalue weighted by Gasteiger charge is 2.35. The van der Waals surface area contributed by atoms with Crippen LogP contribution in [0.3, 0.4) is 0 Å². The summed E-state index contributed by atoms with van der Waals surface area (Å²) in [5.74, 6) is 0. The Morgan fingerprint density at radius 1 is 1.21 bits per heavy atom. The van der Waals surface area contributed by atoms with Crippen molar-refractivity contribution in [2.75, 3.05) is 30.9 Å². The zero-order valence-electron chi connectivity index (χ0n) is 8.34. The monoisotopic (exact) mass is 312 g/mol. The van der Waals surface area contributed by atoms with E-state index in [1.165, 1.54) is 0 Å². The van der Waals surface area contributed by atoms with Crippen molar-refractivity contribution in [3.05, 3.63) is 0 Å². The van der Waals surface area contributed by atoms with E-state index >= 15 is 0 Å². The highest BCUT2D eigenvalue weighted by molar-refractivity contribution is 14.1. The second-order valence-electron chi connectivity index (χ2n) is 4.03. The van der Waals surface area contributed by atoms with Crippen molar-refractivity contribution in [3.8, 4) is 0 Å². The van der Waals surface area contributed by atoms with Gasteiger partial charge in [-0.2, -0.15) is 0 Å². The minimum Gasteiger partial charge on any atom is -0.381 e. The first-order chi connectivity index (χ1) is 6.85. The summed E-state index contributed by atoms with van der Waals surface area (Å²) >= 11 is 2.42. The predicted molar refractivity (Wildman–Crippen MR) is 62.0 cm³/mol. The lowest BCUT2D eigenvalue weighted by Gasteiger charge is -2.37. The average Bonchev–Trinajstić information content (AvgIpc) is 2.72. The third-order valence-corrected chi connectivity index (χ3v) is 4.34. The van der Waals surface area contributed by atoms with Crippen molar-refractivity contribution in [1.29, 1.82) is 0 Å². The number of rotatable bonds is 3. The minimum atomic E-state index is 0.0666. The van der Waals surface area contributed by atoms with Crippen LogP contribution in [0.2, 0.25) is 0 Å². The van der Waals surface area contributed by atoms with E-state index in [-0.39, 0.29) is 5.60 Å². The molecular formula is C10H17IO3. The lowest BCUT2D eigenvalue weighted by molar-refractivity contribution is -0.127. The van der Waals surface area contributed by atoms with Crippen LogP contribution >= 0.6 is 22.6 Å². The standard InChI is InChI=1S/C10H17IO3/c11-8-10(2-5-12-6-3-10)14-9-1-4-13-7-9/h9H,1-8H2. The van der Waals surface area contributed by atoms with Crippen LogP contribution in [-0.4, -0.2) is 42.6 Å². The molecule has 82 valence electrons. The average molecular weight is 312 g/mol. The number of hydrogen-bond donors (Lipinski definition) is 0. The van der Waals surface area contributed by atoms with Gasteiger partial charge in [-0.15, -0.1) is 0 Å². The molecule has 0 aliphatic carbocycles. The number of halogens is 1. The Labute approximate surface area is 98.6 Å². The van der Waals surface area contributed by atoms with Crippen LogP contribution in [0, 0.1) is 0 Å². The van der Waals surface area contributed by atoms with Gasteiger partial charge in [0.1, 0.15) is 0 Å². The Hall–Kier alpha value is 0.610. The molecule has 2 heterocycles. The maximum atomic E-state index is 6.18. The van der Waals surface area contributed by atoms with Crippen LogP contribution in [0.4, 0.5) is 0 Å². The molecule has 1 atom stereocenters. The van der Waals surface area contributed by atoms with Crippen molar-refractivity contribution < 1.29 is 14.2 Å². The molecule has 0 radical (unpaired) electrons. The smallest absolute Gasteiger partial charge is 0.0838 e. The lowest BCUT2D eigenvalue weighted by Crippen LogP contribution is -2.43. The van der Waals surface area contributed by atoms with Crippen molar-refractivity contribution in [3.63, 3.8) is 0 Å². The number of ether oxygens (including phenoxy) is 3. The van der Waals surface area contributed by atoms with Gasteiger partial charge in [-0.1, -0.05) is 22.6 Å². The fourth-order valence-corrected chi connectivity index (χ4v) is 2.93. The molecule has 0 aromatic rings. The molecule has 0 saturated carbocycles. The molecule has 0 aromatic carbocycles. The van der Waals surface area contributed by atoms with Gasteiger partial charge in [-0.25, -0.2) is 0 Å².